The molecule has 1 amide bonds. The lowest BCUT2D eigenvalue weighted by Crippen LogP contribution is -2.29. The lowest BCUT2D eigenvalue weighted by atomic mass is 9.93. The summed E-state index contributed by atoms with van der Waals surface area (Å²) in [6.45, 7) is 1.93. The van der Waals surface area contributed by atoms with Crippen LogP contribution in [0.3, 0.4) is 0 Å². The SMILES string of the molecule is COc1ccc(C(O)=C2C(=O)C(=O)N(Cc3cccnc3)[C@H]2c2ccc(O)cc2)c(C)c1. The van der Waals surface area contributed by atoms with Crippen molar-refractivity contribution in [2.24, 2.45) is 0 Å². The van der Waals surface area contributed by atoms with Crippen LogP contribution in [-0.2, 0) is 16.1 Å². The summed E-state index contributed by atoms with van der Waals surface area (Å²) < 4.78 is 5.22. The molecule has 2 aromatic carbocycles. The molecular weight excluding hydrogens is 408 g/mol. The Kier molecular flexibility index (Phi) is 5.64. The van der Waals surface area contributed by atoms with Crippen molar-refractivity contribution in [3.63, 3.8) is 0 Å². The third-order valence-corrected chi connectivity index (χ3v) is 5.51. The molecule has 0 aliphatic carbocycles. The zero-order chi connectivity index (χ0) is 22.8. The summed E-state index contributed by atoms with van der Waals surface area (Å²) in [5, 5.41) is 20.9. The van der Waals surface area contributed by atoms with Crippen molar-refractivity contribution in [2.45, 2.75) is 19.5 Å². The third kappa shape index (κ3) is 3.80. The van der Waals surface area contributed by atoms with Gasteiger partial charge in [0.05, 0.1) is 18.7 Å². The number of aliphatic hydroxyl groups excluding tert-OH is 1. The number of aromatic nitrogens is 1. The minimum absolute atomic E-state index is 0.00199. The van der Waals surface area contributed by atoms with Crippen molar-refractivity contribution in [3.8, 4) is 11.5 Å². The second kappa shape index (κ2) is 8.55. The van der Waals surface area contributed by atoms with Crippen LogP contribution in [0.25, 0.3) is 5.76 Å². The maximum atomic E-state index is 13.1. The number of hydrogen-bond donors (Lipinski definition) is 2. The molecule has 162 valence electrons. The molecule has 1 aliphatic heterocycles. The minimum Gasteiger partial charge on any atom is -0.508 e. The zero-order valence-electron chi connectivity index (χ0n) is 17.6. The average Bonchev–Trinajstić information content (AvgIpc) is 3.04. The van der Waals surface area contributed by atoms with Gasteiger partial charge in [0.2, 0.25) is 0 Å². The van der Waals surface area contributed by atoms with Gasteiger partial charge in [0.25, 0.3) is 11.7 Å². The van der Waals surface area contributed by atoms with Gasteiger partial charge < -0.3 is 19.8 Å². The number of hydrogen-bond acceptors (Lipinski definition) is 6. The first-order valence-corrected chi connectivity index (χ1v) is 10.0. The van der Waals surface area contributed by atoms with Gasteiger partial charge >= 0.3 is 0 Å². The van der Waals surface area contributed by atoms with Gasteiger partial charge in [-0.3, -0.25) is 14.6 Å². The van der Waals surface area contributed by atoms with E-state index in [0.29, 0.717) is 22.4 Å². The number of aliphatic hydroxyl groups is 1. The number of aromatic hydroxyl groups is 1. The van der Waals surface area contributed by atoms with E-state index in [2.05, 4.69) is 4.98 Å². The molecule has 3 aromatic rings. The number of Topliss-reactive ketones (excluding diaryl/α,β-unsaturated/α-hetero) is 1. The topological polar surface area (TPSA) is 100.0 Å². The Labute approximate surface area is 185 Å². The molecule has 1 fully saturated rings. The van der Waals surface area contributed by atoms with E-state index < -0.39 is 17.7 Å². The smallest absolute Gasteiger partial charge is 0.295 e. The van der Waals surface area contributed by atoms with Crippen LogP contribution in [-0.4, -0.2) is 38.9 Å². The molecule has 0 bridgehead atoms. The quantitative estimate of drug-likeness (QED) is 0.364. The van der Waals surface area contributed by atoms with Crippen molar-refractivity contribution in [3.05, 3.63) is 94.8 Å². The maximum Gasteiger partial charge on any atom is 0.295 e. The van der Waals surface area contributed by atoms with E-state index in [4.69, 9.17) is 4.74 Å². The Balaban J connectivity index is 1.87. The Morgan fingerprint density at radius 3 is 2.50 bits per heavy atom. The fraction of sp³-hybridized carbons (Fsp3) is 0.160. The van der Waals surface area contributed by atoms with Crippen LogP contribution in [0.15, 0.2) is 72.6 Å². The van der Waals surface area contributed by atoms with E-state index in [-0.39, 0.29) is 23.6 Å². The summed E-state index contributed by atoms with van der Waals surface area (Å²) in [7, 11) is 1.54. The van der Waals surface area contributed by atoms with Gasteiger partial charge in [0, 0.05) is 24.5 Å². The number of carbonyl (C=O) groups excluding carboxylic acids is 2. The number of nitrogens with zero attached hydrogens (tertiary/aromatic N) is 2. The molecule has 1 aromatic heterocycles. The number of phenols is 1. The number of amides is 1. The summed E-state index contributed by atoms with van der Waals surface area (Å²) in [6.07, 6.45) is 3.25. The summed E-state index contributed by atoms with van der Waals surface area (Å²) in [6, 6.07) is 14.1. The standard InChI is InChI=1S/C25H22N2O5/c1-15-12-19(32-2)9-10-20(15)23(29)21-22(17-5-7-18(28)8-6-17)27(25(31)24(21)30)14-16-4-3-11-26-13-16/h3-13,22,28-29H,14H2,1-2H3/t22-/m0/s1. The van der Waals surface area contributed by atoms with E-state index in [9.17, 15) is 19.8 Å². The third-order valence-electron chi connectivity index (χ3n) is 5.51. The van der Waals surface area contributed by atoms with Crippen LogP contribution in [0.4, 0.5) is 0 Å². The molecule has 0 radical (unpaired) electrons. The molecule has 2 N–H and O–H groups in total. The van der Waals surface area contributed by atoms with Gasteiger partial charge in [0.15, 0.2) is 0 Å². The Bertz CT molecular complexity index is 1200. The number of methoxy groups -OCH3 is 1. The lowest BCUT2D eigenvalue weighted by molar-refractivity contribution is -0.140. The van der Waals surface area contributed by atoms with Gasteiger partial charge in [-0.25, -0.2) is 0 Å². The Hall–Kier alpha value is -4.13. The van der Waals surface area contributed by atoms with Gasteiger partial charge in [-0.05, 0) is 60.0 Å². The van der Waals surface area contributed by atoms with Gasteiger partial charge in [-0.1, -0.05) is 18.2 Å². The molecule has 32 heavy (non-hydrogen) atoms. The predicted molar refractivity (Wildman–Crippen MR) is 118 cm³/mol. The molecule has 2 heterocycles. The Morgan fingerprint density at radius 1 is 1.12 bits per heavy atom. The first kappa shape index (κ1) is 21.1. The van der Waals surface area contributed by atoms with Crippen molar-refractivity contribution < 1.29 is 24.5 Å². The fourth-order valence-electron chi connectivity index (χ4n) is 3.91. The van der Waals surface area contributed by atoms with Gasteiger partial charge in [-0.2, -0.15) is 0 Å². The van der Waals surface area contributed by atoms with Gasteiger partial charge in [-0.15, -0.1) is 0 Å². The molecule has 4 rings (SSSR count). The minimum atomic E-state index is -0.822. The maximum absolute atomic E-state index is 13.1. The summed E-state index contributed by atoms with van der Waals surface area (Å²) in [5.41, 5.74) is 2.48. The number of ketones is 1. The van der Waals surface area contributed by atoms with Crippen molar-refractivity contribution in [1.29, 1.82) is 0 Å². The summed E-state index contributed by atoms with van der Waals surface area (Å²) in [4.78, 5) is 31.6. The van der Waals surface area contributed by atoms with Crippen LogP contribution in [0.5, 0.6) is 11.5 Å². The van der Waals surface area contributed by atoms with Crippen molar-refractivity contribution >= 4 is 17.4 Å². The molecule has 1 atom stereocenters. The summed E-state index contributed by atoms with van der Waals surface area (Å²) >= 11 is 0. The molecule has 7 heteroatoms. The number of pyridine rings is 1. The van der Waals surface area contributed by atoms with E-state index in [1.807, 2.05) is 6.07 Å². The molecule has 0 unspecified atom stereocenters. The number of ether oxygens (including phenoxy) is 1. The molecule has 0 saturated carbocycles. The van der Waals surface area contributed by atoms with Crippen LogP contribution in [0, 0.1) is 6.92 Å². The van der Waals surface area contributed by atoms with Crippen molar-refractivity contribution in [1.82, 2.24) is 9.88 Å². The highest BCUT2D eigenvalue weighted by Crippen LogP contribution is 2.41. The van der Waals surface area contributed by atoms with Crippen LogP contribution < -0.4 is 4.74 Å². The number of rotatable bonds is 5. The van der Waals surface area contributed by atoms with E-state index >= 15 is 0 Å². The van der Waals surface area contributed by atoms with E-state index in [1.165, 1.54) is 17.0 Å². The van der Waals surface area contributed by atoms with Gasteiger partial charge in [0.1, 0.15) is 17.3 Å². The number of phenolic OH excluding ortho intramolecular Hbond substituents is 1. The Morgan fingerprint density at radius 2 is 1.88 bits per heavy atom. The summed E-state index contributed by atoms with van der Waals surface area (Å²) in [5.74, 6) is -1.05. The predicted octanol–water partition coefficient (Wildman–Crippen LogP) is 3.73. The molecule has 7 nitrogen and oxygen atoms in total. The second-order valence-corrected chi connectivity index (χ2v) is 7.56. The lowest BCUT2D eigenvalue weighted by Gasteiger charge is -2.25. The monoisotopic (exact) mass is 430 g/mol. The number of likely N-dealkylation sites (tertiary alicyclic amines) is 1. The molecule has 1 saturated heterocycles. The van der Waals surface area contributed by atoms with Crippen LogP contribution in [0.2, 0.25) is 0 Å². The zero-order valence-corrected chi connectivity index (χ0v) is 17.6. The fourth-order valence-corrected chi connectivity index (χ4v) is 3.91. The second-order valence-electron chi connectivity index (χ2n) is 7.56. The molecule has 1 aliphatic rings. The van der Waals surface area contributed by atoms with Crippen LogP contribution >= 0.6 is 0 Å². The average molecular weight is 430 g/mol. The van der Waals surface area contributed by atoms with E-state index in [0.717, 1.165) is 5.56 Å². The van der Waals surface area contributed by atoms with Crippen LogP contribution in [0.1, 0.15) is 28.3 Å². The number of aryl methyl sites for hydroxylation is 1. The van der Waals surface area contributed by atoms with E-state index in [1.54, 1.807) is 62.8 Å². The molecular formula is C25H22N2O5. The largest absolute Gasteiger partial charge is 0.508 e. The molecule has 0 spiro atoms. The number of benzene rings is 2. The first-order chi connectivity index (χ1) is 15.4. The van der Waals surface area contributed by atoms with Crippen molar-refractivity contribution in [2.75, 3.05) is 7.11 Å². The number of carbonyl (C=O) groups is 2. The first-order valence-electron chi connectivity index (χ1n) is 10.0. The highest BCUT2D eigenvalue weighted by molar-refractivity contribution is 6.46. The highest BCUT2D eigenvalue weighted by Gasteiger charge is 2.46. The highest BCUT2D eigenvalue weighted by atomic mass is 16.5. The normalized spacial score (nSPS) is 17.6.